The third-order valence-corrected chi connectivity index (χ3v) is 4.83. The van der Waals surface area contributed by atoms with Crippen LogP contribution in [-0.4, -0.2) is 57.6 Å². The number of hydrogen-bond acceptors (Lipinski definition) is 6. The van der Waals surface area contributed by atoms with Crippen molar-refractivity contribution in [3.8, 4) is 11.1 Å². The zero-order valence-corrected chi connectivity index (χ0v) is 19.2. The lowest BCUT2D eigenvalue weighted by atomic mass is 10.0. The molecule has 0 aliphatic carbocycles. The maximum absolute atomic E-state index is 13.0. The minimum atomic E-state index is -5.08. The number of H-pyrrole nitrogens is 1. The summed E-state index contributed by atoms with van der Waals surface area (Å²) in [6, 6.07) is 11.4. The smallest absolute Gasteiger partial charge is 0.475 e. The molecule has 2 aromatic heterocycles. The van der Waals surface area contributed by atoms with Crippen LogP contribution in [0.1, 0.15) is 11.4 Å². The molecule has 14 heteroatoms. The monoisotopic (exact) mass is 514 g/mol. The highest BCUT2D eigenvalue weighted by molar-refractivity contribution is 5.73. The molecule has 0 aliphatic heterocycles. The summed E-state index contributed by atoms with van der Waals surface area (Å²) in [4.78, 5) is 27.5. The third-order valence-electron chi connectivity index (χ3n) is 4.83. The number of aromatic nitrogens is 4. The number of nitrogens with one attached hydrogen (secondary N) is 1. The van der Waals surface area contributed by atoms with E-state index in [1.54, 1.807) is 6.20 Å². The Morgan fingerprint density at radius 2 is 1.81 bits per heavy atom. The first kappa shape index (κ1) is 28.2. The molecule has 0 spiro atoms. The van der Waals surface area contributed by atoms with Crippen molar-refractivity contribution in [3.63, 3.8) is 0 Å². The van der Waals surface area contributed by atoms with E-state index in [1.807, 2.05) is 55.4 Å². The van der Waals surface area contributed by atoms with E-state index in [-0.39, 0.29) is 30.9 Å². The molecule has 0 saturated heterocycles. The van der Waals surface area contributed by atoms with E-state index in [1.165, 1.54) is 4.57 Å². The van der Waals surface area contributed by atoms with E-state index in [0.29, 0.717) is 0 Å². The number of carboxylic acid groups (broad SMARTS) is 1. The minimum Gasteiger partial charge on any atom is -0.475 e. The Balaban J connectivity index is 0.000000572. The first-order chi connectivity index (χ1) is 16.8. The largest absolute Gasteiger partial charge is 0.490 e. The highest BCUT2D eigenvalue weighted by Crippen LogP contribution is 2.25. The summed E-state index contributed by atoms with van der Waals surface area (Å²) in [6.07, 6.45) is -5.36. The Morgan fingerprint density at radius 1 is 1.17 bits per heavy atom. The van der Waals surface area contributed by atoms with Crippen LogP contribution in [0.2, 0.25) is 0 Å². The molecule has 0 saturated carbocycles. The minimum absolute atomic E-state index is 0.183. The number of hydrogen-bond donors (Lipinski definition) is 3. The van der Waals surface area contributed by atoms with Crippen LogP contribution in [0.25, 0.3) is 11.1 Å². The molecular weight excluding hydrogens is 491 g/mol. The number of anilines is 1. The third kappa shape index (κ3) is 7.46. The molecule has 4 N–H and O–H groups in total. The Labute approximate surface area is 201 Å². The molecule has 0 amide bonds. The predicted octanol–water partition coefficient (Wildman–Crippen LogP) is 3.03. The van der Waals surface area contributed by atoms with Crippen molar-refractivity contribution in [2.75, 3.05) is 25.5 Å². The van der Waals surface area contributed by atoms with Crippen molar-refractivity contribution in [3.05, 3.63) is 76.1 Å². The van der Waals surface area contributed by atoms with Gasteiger partial charge in [0.25, 0.3) is 6.08 Å². The van der Waals surface area contributed by atoms with Gasteiger partial charge in [-0.2, -0.15) is 27.1 Å². The van der Waals surface area contributed by atoms with Crippen LogP contribution >= 0.6 is 0 Å². The topological polar surface area (TPSA) is 130 Å². The van der Waals surface area contributed by atoms with Crippen molar-refractivity contribution >= 4 is 11.8 Å². The molecule has 3 aromatic rings. The van der Waals surface area contributed by atoms with Gasteiger partial charge in [0.15, 0.2) is 0 Å². The summed E-state index contributed by atoms with van der Waals surface area (Å²) in [5.74, 6) is -1.72. The van der Waals surface area contributed by atoms with Gasteiger partial charge in [-0.1, -0.05) is 24.3 Å². The van der Waals surface area contributed by atoms with E-state index < -0.39 is 23.9 Å². The first-order valence-corrected chi connectivity index (χ1v) is 10.2. The standard InChI is InChI=1S/C20H22F2N6O.C2HF3O2/c1-27(2)17-8-7-13(11-24-17)16-6-4-3-5-14(16)12-28-18(25-26-20(28)29)9-15(10-23)19(21)22;3-2(4,5)1(6)7/h3-8,11H,9-10,12,23H2,1-2H3,(H,26,29);(H,6,7). The number of nitrogens with zero attached hydrogens (tertiary/aromatic N) is 4. The van der Waals surface area contributed by atoms with Gasteiger partial charge in [0, 0.05) is 44.4 Å². The summed E-state index contributed by atoms with van der Waals surface area (Å²) in [5.41, 5.74) is 7.31. The summed E-state index contributed by atoms with van der Waals surface area (Å²) in [7, 11) is 3.82. The van der Waals surface area contributed by atoms with Gasteiger partial charge in [-0.3, -0.25) is 4.57 Å². The van der Waals surface area contributed by atoms with Gasteiger partial charge >= 0.3 is 17.8 Å². The molecule has 0 radical (unpaired) electrons. The van der Waals surface area contributed by atoms with Crippen LogP contribution in [0.4, 0.5) is 27.8 Å². The average molecular weight is 514 g/mol. The second-order valence-electron chi connectivity index (χ2n) is 7.54. The fourth-order valence-electron chi connectivity index (χ4n) is 2.98. The summed E-state index contributed by atoms with van der Waals surface area (Å²) in [5, 5.41) is 13.4. The Hall–Kier alpha value is -4.07. The number of carboxylic acids is 1. The lowest BCUT2D eigenvalue weighted by Gasteiger charge is -2.14. The van der Waals surface area contributed by atoms with Gasteiger partial charge in [0.2, 0.25) is 0 Å². The summed E-state index contributed by atoms with van der Waals surface area (Å²) in [6.45, 7) is -0.119. The number of alkyl halides is 3. The van der Waals surface area contributed by atoms with E-state index in [4.69, 9.17) is 15.6 Å². The molecule has 2 heterocycles. The number of pyridine rings is 1. The van der Waals surface area contributed by atoms with Gasteiger partial charge in [0.05, 0.1) is 6.54 Å². The highest BCUT2D eigenvalue weighted by Gasteiger charge is 2.38. The fraction of sp³-hybridized carbons (Fsp3) is 0.273. The Bertz CT molecular complexity index is 1260. The molecule has 0 fully saturated rings. The zero-order chi connectivity index (χ0) is 27.0. The molecule has 3 rings (SSSR count). The molecule has 194 valence electrons. The molecule has 0 aliphatic rings. The van der Waals surface area contributed by atoms with E-state index in [0.717, 1.165) is 22.5 Å². The Kier molecular flexibility index (Phi) is 9.44. The molecule has 0 unspecified atom stereocenters. The summed E-state index contributed by atoms with van der Waals surface area (Å²) < 4.78 is 59.1. The van der Waals surface area contributed by atoms with Crippen molar-refractivity contribution in [1.29, 1.82) is 0 Å². The lowest BCUT2D eigenvalue weighted by Crippen LogP contribution is -2.21. The quantitative estimate of drug-likeness (QED) is 0.413. The zero-order valence-electron chi connectivity index (χ0n) is 19.2. The first-order valence-electron chi connectivity index (χ1n) is 10.2. The molecule has 1 aromatic carbocycles. The molecule has 0 bridgehead atoms. The second kappa shape index (κ2) is 12.1. The SMILES string of the molecule is CN(C)c1ccc(-c2ccccc2Cn2c(CC(CN)=C(F)F)n[nH]c2=O)cn1.O=C(O)C(F)(F)F. The summed E-state index contributed by atoms with van der Waals surface area (Å²) >= 11 is 0. The molecule has 0 atom stereocenters. The van der Waals surface area contributed by atoms with Crippen LogP contribution in [0.15, 0.2) is 59.0 Å². The number of nitrogens with two attached hydrogens (primary N) is 1. The van der Waals surface area contributed by atoms with Crippen molar-refractivity contribution in [2.24, 2.45) is 5.73 Å². The van der Waals surface area contributed by atoms with Crippen LogP contribution in [0.3, 0.4) is 0 Å². The number of rotatable bonds is 7. The van der Waals surface area contributed by atoms with E-state index >= 15 is 0 Å². The lowest BCUT2D eigenvalue weighted by molar-refractivity contribution is -0.192. The fourth-order valence-corrected chi connectivity index (χ4v) is 2.98. The second-order valence-corrected chi connectivity index (χ2v) is 7.54. The van der Waals surface area contributed by atoms with E-state index in [9.17, 15) is 26.7 Å². The van der Waals surface area contributed by atoms with Crippen molar-refractivity contribution in [1.82, 2.24) is 19.7 Å². The average Bonchev–Trinajstić information content (AvgIpc) is 3.16. The maximum Gasteiger partial charge on any atom is 0.490 e. The van der Waals surface area contributed by atoms with Crippen molar-refractivity contribution < 1.29 is 31.9 Å². The number of aromatic amines is 1. The number of carbonyl (C=O) groups is 1. The van der Waals surface area contributed by atoms with Crippen molar-refractivity contribution in [2.45, 2.75) is 19.1 Å². The van der Waals surface area contributed by atoms with Gasteiger partial charge in [-0.15, -0.1) is 0 Å². The Morgan fingerprint density at radius 3 is 2.31 bits per heavy atom. The van der Waals surface area contributed by atoms with Crippen LogP contribution in [-0.2, 0) is 17.8 Å². The number of aliphatic carboxylic acids is 1. The molecule has 36 heavy (non-hydrogen) atoms. The molecular formula is C22H23F5N6O3. The van der Waals surface area contributed by atoms with Crippen LogP contribution in [0, 0.1) is 0 Å². The predicted molar refractivity (Wildman–Crippen MR) is 122 cm³/mol. The van der Waals surface area contributed by atoms with Gasteiger partial charge in [-0.05, 0) is 23.3 Å². The van der Waals surface area contributed by atoms with Gasteiger partial charge in [0.1, 0.15) is 11.6 Å². The maximum atomic E-state index is 13.0. The van der Waals surface area contributed by atoms with Gasteiger partial charge < -0.3 is 15.7 Å². The number of halogens is 5. The normalized spacial score (nSPS) is 10.9. The number of benzene rings is 1. The molecule has 9 nitrogen and oxygen atoms in total. The van der Waals surface area contributed by atoms with Gasteiger partial charge in [-0.25, -0.2) is 19.7 Å². The highest BCUT2D eigenvalue weighted by atomic mass is 19.4. The van der Waals surface area contributed by atoms with Crippen LogP contribution in [0.5, 0.6) is 0 Å². The van der Waals surface area contributed by atoms with Crippen LogP contribution < -0.4 is 16.3 Å². The van der Waals surface area contributed by atoms with E-state index in [2.05, 4.69) is 15.2 Å².